The van der Waals surface area contributed by atoms with Gasteiger partial charge in [-0.3, -0.25) is 0 Å². The quantitative estimate of drug-likeness (QED) is 0.905. The maximum Gasteiger partial charge on any atom is 0.163 e. The molecule has 2 aliphatic rings. The minimum atomic E-state index is 0.146. The van der Waals surface area contributed by atoms with E-state index in [2.05, 4.69) is 17.4 Å². The van der Waals surface area contributed by atoms with Crippen LogP contribution in [0.1, 0.15) is 31.2 Å². The molecule has 0 saturated carbocycles. The van der Waals surface area contributed by atoms with Gasteiger partial charge >= 0.3 is 0 Å². The number of ether oxygens (including phenoxy) is 3. The minimum absolute atomic E-state index is 0.146. The summed E-state index contributed by atoms with van der Waals surface area (Å²) in [5, 5.41) is 3.54. The number of para-hydroxylation sites is 1. The van der Waals surface area contributed by atoms with Crippen molar-refractivity contribution in [3.05, 3.63) is 23.8 Å². The van der Waals surface area contributed by atoms with Crippen LogP contribution in [0.15, 0.2) is 18.2 Å². The third-order valence-electron chi connectivity index (χ3n) is 4.31. The summed E-state index contributed by atoms with van der Waals surface area (Å²) in [5.41, 5.74) is 1.23. The van der Waals surface area contributed by atoms with Crippen LogP contribution in [0, 0.1) is 0 Å². The lowest BCUT2D eigenvalue weighted by atomic mass is 10.0. The van der Waals surface area contributed by atoms with E-state index in [0.717, 1.165) is 43.9 Å². The van der Waals surface area contributed by atoms with Gasteiger partial charge in [-0.1, -0.05) is 12.1 Å². The molecule has 1 N–H and O–H groups in total. The molecule has 0 radical (unpaired) electrons. The van der Waals surface area contributed by atoms with Crippen LogP contribution in [0.5, 0.6) is 11.5 Å². The highest BCUT2D eigenvalue weighted by atomic mass is 16.5. The van der Waals surface area contributed by atoms with Crippen LogP contribution in [-0.2, 0) is 11.2 Å². The topological polar surface area (TPSA) is 39.7 Å². The standard InChI is InChI=1S/C17H25NO3/c1-19-17-13(11-14-6-3-9-18-14)5-2-8-16(17)21-15-7-4-10-20-12-15/h2,5,8,14-15,18H,3-4,6-7,9-12H2,1H3. The van der Waals surface area contributed by atoms with Crippen molar-refractivity contribution >= 4 is 0 Å². The minimum Gasteiger partial charge on any atom is -0.493 e. The van der Waals surface area contributed by atoms with E-state index in [1.54, 1.807) is 7.11 Å². The molecule has 0 amide bonds. The van der Waals surface area contributed by atoms with Crippen molar-refractivity contribution in [3.8, 4) is 11.5 Å². The first kappa shape index (κ1) is 14.7. The normalized spacial score (nSPS) is 25.8. The summed E-state index contributed by atoms with van der Waals surface area (Å²) >= 11 is 0. The average molecular weight is 291 g/mol. The Bertz CT molecular complexity index is 451. The second kappa shape index (κ2) is 7.14. The fourth-order valence-corrected chi connectivity index (χ4v) is 3.23. The van der Waals surface area contributed by atoms with Crippen LogP contribution >= 0.6 is 0 Å². The van der Waals surface area contributed by atoms with Crippen LogP contribution in [0.4, 0.5) is 0 Å². The third kappa shape index (κ3) is 3.69. The number of hydrogen-bond donors (Lipinski definition) is 1. The fourth-order valence-electron chi connectivity index (χ4n) is 3.23. The Morgan fingerprint density at radius 1 is 1.29 bits per heavy atom. The predicted octanol–water partition coefficient (Wildman–Crippen LogP) is 2.55. The lowest BCUT2D eigenvalue weighted by molar-refractivity contribution is 0.00639. The number of methoxy groups -OCH3 is 1. The largest absolute Gasteiger partial charge is 0.493 e. The van der Waals surface area contributed by atoms with Gasteiger partial charge in [-0.25, -0.2) is 0 Å². The molecule has 1 aromatic rings. The van der Waals surface area contributed by atoms with Crippen molar-refractivity contribution in [2.24, 2.45) is 0 Å². The van der Waals surface area contributed by atoms with Gasteiger partial charge in [-0.05, 0) is 50.3 Å². The summed E-state index contributed by atoms with van der Waals surface area (Å²) < 4.78 is 17.2. The summed E-state index contributed by atoms with van der Waals surface area (Å²) in [6.07, 6.45) is 5.78. The summed E-state index contributed by atoms with van der Waals surface area (Å²) in [5.74, 6) is 1.74. The van der Waals surface area contributed by atoms with Crippen molar-refractivity contribution in [1.82, 2.24) is 5.32 Å². The van der Waals surface area contributed by atoms with Crippen LogP contribution in [0.3, 0.4) is 0 Å². The lowest BCUT2D eigenvalue weighted by Crippen LogP contribution is -2.28. The molecule has 2 atom stereocenters. The number of benzene rings is 1. The molecule has 4 nitrogen and oxygen atoms in total. The zero-order valence-corrected chi connectivity index (χ0v) is 12.8. The third-order valence-corrected chi connectivity index (χ3v) is 4.31. The molecule has 1 aromatic carbocycles. The number of nitrogens with one attached hydrogen (secondary N) is 1. The van der Waals surface area contributed by atoms with Gasteiger partial charge in [0.1, 0.15) is 6.10 Å². The molecule has 0 aliphatic carbocycles. The van der Waals surface area contributed by atoms with Crippen molar-refractivity contribution in [2.45, 2.75) is 44.2 Å². The van der Waals surface area contributed by atoms with Gasteiger partial charge in [0, 0.05) is 12.6 Å². The Morgan fingerprint density at radius 2 is 2.24 bits per heavy atom. The molecule has 2 fully saturated rings. The smallest absolute Gasteiger partial charge is 0.163 e. The van der Waals surface area contributed by atoms with Gasteiger partial charge < -0.3 is 19.5 Å². The lowest BCUT2D eigenvalue weighted by Gasteiger charge is -2.25. The van der Waals surface area contributed by atoms with Crippen LogP contribution in [-0.4, -0.2) is 39.0 Å². The molecule has 3 rings (SSSR count). The maximum absolute atomic E-state index is 6.11. The first-order valence-corrected chi connectivity index (χ1v) is 8.00. The number of hydrogen-bond acceptors (Lipinski definition) is 4. The van der Waals surface area contributed by atoms with E-state index in [1.165, 1.54) is 18.4 Å². The molecule has 0 aromatic heterocycles. The van der Waals surface area contributed by atoms with Crippen molar-refractivity contribution in [1.29, 1.82) is 0 Å². The highest BCUT2D eigenvalue weighted by molar-refractivity contribution is 5.47. The second-order valence-corrected chi connectivity index (χ2v) is 5.90. The molecular formula is C17H25NO3. The van der Waals surface area contributed by atoms with Gasteiger partial charge in [-0.2, -0.15) is 0 Å². The van der Waals surface area contributed by atoms with E-state index in [0.29, 0.717) is 12.6 Å². The molecular weight excluding hydrogens is 266 g/mol. The Morgan fingerprint density at radius 3 is 2.95 bits per heavy atom. The number of rotatable bonds is 5. The zero-order valence-electron chi connectivity index (χ0n) is 12.8. The second-order valence-electron chi connectivity index (χ2n) is 5.90. The van der Waals surface area contributed by atoms with Crippen LogP contribution in [0.25, 0.3) is 0 Å². The molecule has 2 aliphatic heterocycles. The van der Waals surface area contributed by atoms with E-state index in [4.69, 9.17) is 14.2 Å². The SMILES string of the molecule is COc1c(CC2CCCN2)cccc1OC1CCCOC1. The molecule has 4 heteroatoms. The van der Waals surface area contributed by atoms with Crippen molar-refractivity contribution in [2.75, 3.05) is 26.9 Å². The van der Waals surface area contributed by atoms with Crippen LogP contribution in [0.2, 0.25) is 0 Å². The molecule has 2 saturated heterocycles. The fraction of sp³-hybridized carbons (Fsp3) is 0.647. The summed E-state index contributed by atoms with van der Waals surface area (Å²) in [7, 11) is 1.73. The van der Waals surface area contributed by atoms with Crippen LogP contribution < -0.4 is 14.8 Å². The highest BCUT2D eigenvalue weighted by Crippen LogP contribution is 2.34. The molecule has 21 heavy (non-hydrogen) atoms. The van der Waals surface area contributed by atoms with E-state index >= 15 is 0 Å². The van der Waals surface area contributed by atoms with Crippen molar-refractivity contribution in [3.63, 3.8) is 0 Å². The summed E-state index contributed by atoms with van der Waals surface area (Å²) in [6.45, 7) is 2.66. The molecule has 0 bridgehead atoms. The van der Waals surface area contributed by atoms with Gasteiger partial charge in [0.2, 0.25) is 0 Å². The highest BCUT2D eigenvalue weighted by Gasteiger charge is 2.21. The average Bonchev–Trinajstić information content (AvgIpc) is 3.02. The molecule has 2 heterocycles. The molecule has 0 spiro atoms. The first-order valence-electron chi connectivity index (χ1n) is 8.00. The summed E-state index contributed by atoms with van der Waals surface area (Å²) in [4.78, 5) is 0. The van der Waals surface area contributed by atoms with Gasteiger partial charge in [0.05, 0.1) is 13.7 Å². The monoisotopic (exact) mass is 291 g/mol. The van der Waals surface area contributed by atoms with Crippen molar-refractivity contribution < 1.29 is 14.2 Å². The zero-order chi connectivity index (χ0) is 14.5. The predicted molar refractivity (Wildman–Crippen MR) is 82.2 cm³/mol. The van der Waals surface area contributed by atoms with E-state index < -0.39 is 0 Å². The Labute approximate surface area is 126 Å². The van der Waals surface area contributed by atoms with Gasteiger partial charge in [0.15, 0.2) is 11.5 Å². The molecule has 116 valence electrons. The van der Waals surface area contributed by atoms with E-state index in [1.807, 2.05) is 6.07 Å². The summed E-state index contributed by atoms with van der Waals surface area (Å²) in [6, 6.07) is 6.76. The van der Waals surface area contributed by atoms with Gasteiger partial charge in [-0.15, -0.1) is 0 Å². The van der Waals surface area contributed by atoms with E-state index in [-0.39, 0.29) is 6.10 Å². The molecule has 2 unspecified atom stereocenters. The van der Waals surface area contributed by atoms with E-state index in [9.17, 15) is 0 Å². The Balaban J connectivity index is 1.72. The first-order chi connectivity index (χ1) is 10.4. The Kier molecular flexibility index (Phi) is 4.99. The maximum atomic E-state index is 6.11. The van der Waals surface area contributed by atoms with Gasteiger partial charge in [0.25, 0.3) is 0 Å². The Hall–Kier alpha value is -1.26.